The molecule has 5 rings (SSSR count). The van der Waals surface area contributed by atoms with Gasteiger partial charge in [0, 0.05) is 11.4 Å². The highest BCUT2D eigenvalue weighted by Crippen LogP contribution is 2.38. The molecule has 3 N–H and O–H groups in total. The number of benzene rings is 2. The van der Waals surface area contributed by atoms with Crippen LogP contribution in [0.1, 0.15) is 18.5 Å². The quantitative estimate of drug-likeness (QED) is 0.440. The highest BCUT2D eigenvalue weighted by atomic mass is 32.1. The summed E-state index contributed by atoms with van der Waals surface area (Å²) in [6, 6.07) is 19.5. The lowest BCUT2D eigenvalue weighted by Crippen LogP contribution is -2.31. The number of nitrogens with one attached hydrogen (secondary N) is 2. The highest BCUT2D eigenvalue weighted by molar-refractivity contribution is 7.13. The van der Waals surface area contributed by atoms with Gasteiger partial charge in [0.05, 0.1) is 10.5 Å². The number of hydrogen-bond acceptors (Lipinski definition) is 6. The Kier molecular flexibility index (Phi) is 4.76. The topological polar surface area (TPSA) is 92.1 Å². The predicted molar refractivity (Wildman–Crippen MR) is 121 cm³/mol. The van der Waals surface area contributed by atoms with Crippen LogP contribution in [0.3, 0.4) is 0 Å². The van der Waals surface area contributed by atoms with Crippen LogP contribution in [0.5, 0.6) is 5.75 Å². The minimum atomic E-state index is -0.548. The first-order valence-electron chi connectivity index (χ1n) is 9.73. The number of anilines is 2. The molecule has 0 radical (unpaired) electrons. The van der Waals surface area contributed by atoms with Crippen LogP contribution in [-0.4, -0.2) is 25.8 Å². The van der Waals surface area contributed by atoms with Crippen LogP contribution in [0.2, 0.25) is 0 Å². The molecule has 0 saturated carbocycles. The maximum Gasteiger partial charge on any atom is 0.255 e. The molecule has 0 saturated heterocycles. The lowest BCUT2D eigenvalue weighted by Gasteiger charge is -2.28. The van der Waals surface area contributed by atoms with E-state index in [1.807, 2.05) is 60.8 Å². The van der Waals surface area contributed by atoms with E-state index < -0.39 is 6.04 Å². The number of hydrogen-bond donors (Lipinski definition) is 3. The van der Waals surface area contributed by atoms with Crippen LogP contribution < -0.4 is 10.6 Å². The van der Waals surface area contributed by atoms with Crippen molar-refractivity contribution in [2.24, 2.45) is 0 Å². The Labute approximate surface area is 182 Å². The van der Waals surface area contributed by atoms with E-state index >= 15 is 0 Å². The summed E-state index contributed by atoms with van der Waals surface area (Å²) < 4.78 is 1.71. The third-order valence-corrected chi connectivity index (χ3v) is 5.92. The molecule has 2 aromatic heterocycles. The first-order chi connectivity index (χ1) is 15.1. The Bertz CT molecular complexity index is 1280. The molecule has 1 aliphatic heterocycles. The summed E-state index contributed by atoms with van der Waals surface area (Å²) in [5.74, 6) is 1.01. The molecule has 4 aromatic rings. The van der Waals surface area contributed by atoms with Crippen molar-refractivity contribution in [3.63, 3.8) is 0 Å². The van der Waals surface area contributed by atoms with Crippen LogP contribution in [-0.2, 0) is 4.79 Å². The van der Waals surface area contributed by atoms with E-state index in [1.54, 1.807) is 34.2 Å². The zero-order valence-electron chi connectivity index (χ0n) is 16.6. The van der Waals surface area contributed by atoms with E-state index in [4.69, 9.17) is 5.10 Å². The molecule has 8 heteroatoms. The number of amides is 1. The van der Waals surface area contributed by atoms with Crippen LogP contribution in [0.15, 0.2) is 83.4 Å². The molecule has 7 nitrogen and oxygen atoms in total. The number of para-hydroxylation sites is 1. The molecule has 154 valence electrons. The molecular weight excluding hydrogens is 410 g/mol. The van der Waals surface area contributed by atoms with E-state index in [0.29, 0.717) is 28.7 Å². The van der Waals surface area contributed by atoms with Crippen molar-refractivity contribution in [1.29, 1.82) is 0 Å². The number of carbonyl (C=O) groups is 1. The lowest BCUT2D eigenvalue weighted by atomic mass is 9.95. The predicted octanol–water partition coefficient (Wildman–Crippen LogP) is 4.64. The molecule has 0 spiro atoms. The number of phenols is 1. The van der Waals surface area contributed by atoms with Gasteiger partial charge in [0.2, 0.25) is 5.95 Å². The van der Waals surface area contributed by atoms with Gasteiger partial charge < -0.3 is 15.7 Å². The summed E-state index contributed by atoms with van der Waals surface area (Å²) in [4.78, 5) is 18.9. The first kappa shape index (κ1) is 19.1. The van der Waals surface area contributed by atoms with Crippen LogP contribution in [0.25, 0.3) is 10.7 Å². The maximum absolute atomic E-state index is 13.4. The summed E-state index contributed by atoms with van der Waals surface area (Å²) in [5.41, 5.74) is 2.62. The molecular formula is C23H19N5O2S. The molecule has 1 amide bonds. The van der Waals surface area contributed by atoms with E-state index in [2.05, 4.69) is 15.6 Å². The molecule has 1 aliphatic rings. The summed E-state index contributed by atoms with van der Waals surface area (Å²) in [6.45, 7) is 1.85. The first-order valence-corrected chi connectivity index (χ1v) is 10.6. The number of fused-ring (bicyclic) bond motifs is 1. The average Bonchev–Trinajstić information content (AvgIpc) is 3.43. The van der Waals surface area contributed by atoms with Crippen molar-refractivity contribution in [3.8, 4) is 16.5 Å². The average molecular weight is 430 g/mol. The Morgan fingerprint density at radius 2 is 1.97 bits per heavy atom. The summed E-state index contributed by atoms with van der Waals surface area (Å²) in [6.07, 6.45) is 0. The summed E-state index contributed by atoms with van der Waals surface area (Å²) >= 11 is 1.55. The zero-order valence-corrected chi connectivity index (χ0v) is 17.4. The fourth-order valence-electron chi connectivity index (χ4n) is 3.68. The number of carbonyl (C=O) groups excluding carboxylic acids is 1. The second kappa shape index (κ2) is 7.73. The molecule has 1 unspecified atom stereocenters. The normalized spacial score (nSPS) is 15.3. The molecule has 3 heterocycles. The summed E-state index contributed by atoms with van der Waals surface area (Å²) in [7, 11) is 0. The second-order valence-corrected chi connectivity index (χ2v) is 8.11. The number of nitrogens with zero attached hydrogens (tertiary/aromatic N) is 3. The van der Waals surface area contributed by atoms with Crippen molar-refractivity contribution in [1.82, 2.24) is 14.8 Å². The molecule has 1 atom stereocenters. The second-order valence-electron chi connectivity index (χ2n) is 7.16. The van der Waals surface area contributed by atoms with E-state index in [-0.39, 0.29) is 11.7 Å². The molecule has 0 fully saturated rings. The van der Waals surface area contributed by atoms with Gasteiger partial charge in [0.15, 0.2) is 5.82 Å². The van der Waals surface area contributed by atoms with Gasteiger partial charge in [0.1, 0.15) is 11.8 Å². The third-order valence-electron chi connectivity index (χ3n) is 5.06. The van der Waals surface area contributed by atoms with Crippen molar-refractivity contribution in [2.45, 2.75) is 13.0 Å². The lowest BCUT2D eigenvalue weighted by molar-refractivity contribution is -0.113. The minimum Gasteiger partial charge on any atom is -0.508 e. The number of thiophene rings is 1. The molecule has 31 heavy (non-hydrogen) atoms. The number of aromatic hydroxyl groups is 1. The number of allylic oxidation sites excluding steroid dienone is 1. The van der Waals surface area contributed by atoms with Gasteiger partial charge in [-0.25, -0.2) is 4.68 Å². The van der Waals surface area contributed by atoms with Gasteiger partial charge in [-0.2, -0.15) is 4.98 Å². The van der Waals surface area contributed by atoms with Crippen LogP contribution in [0.4, 0.5) is 11.6 Å². The fourth-order valence-corrected chi connectivity index (χ4v) is 4.33. The van der Waals surface area contributed by atoms with E-state index in [9.17, 15) is 9.90 Å². The van der Waals surface area contributed by atoms with Crippen molar-refractivity contribution in [3.05, 3.63) is 88.9 Å². The van der Waals surface area contributed by atoms with Crippen molar-refractivity contribution in [2.75, 3.05) is 10.6 Å². The SMILES string of the molecule is CC1=C(C(=O)Nc2ccccc2)C(c2cccc(O)c2)n2nc(-c3cccs3)nc2N1. The van der Waals surface area contributed by atoms with Gasteiger partial charge in [-0.1, -0.05) is 36.4 Å². The minimum absolute atomic E-state index is 0.122. The van der Waals surface area contributed by atoms with E-state index in [0.717, 1.165) is 10.4 Å². The van der Waals surface area contributed by atoms with Gasteiger partial charge in [-0.3, -0.25) is 4.79 Å². The largest absolute Gasteiger partial charge is 0.508 e. The Morgan fingerprint density at radius 3 is 2.71 bits per heavy atom. The monoisotopic (exact) mass is 429 g/mol. The smallest absolute Gasteiger partial charge is 0.255 e. The van der Waals surface area contributed by atoms with Crippen LogP contribution in [0, 0.1) is 0 Å². The number of rotatable bonds is 4. The van der Waals surface area contributed by atoms with Gasteiger partial charge in [-0.15, -0.1) is 16.4 Å². The molecule has 2 aromatic carbocycles. The number of aromatic nitrogens is 3. The van der Waals surface area contributed by atoms with Crippen molar-refractivity contribution < 1.29 is 9.90 Å². The fraction of sp³-hybridized carbons (Fsp3) is 0.0870. The highest BCUT2D eigenvalue weighted by Gasteiger charge is 2.34. The third kappa shape index (κ3) is 3.57. The van der Waals surface area contributed by atoms with Gasteiger partial charge in [0.25, 0.3) is 5.91 Å². The maximum atomic E-state index is 13.4. The number of phenolic OH excluding ortho intramolecular Hbond substituents is 1. The zero-order chi connectivity index (χ0) is 21.4. The van der Waals surface area contributed by atoms with E-state index in [1.165, 1.54) is 0 Å². The van der Waals surface area contributed by atoms with Crippen LogP contribution >= 0.6 is 11.3 Å². The Morgan fingerprint density at radius 1 is 1.13 bits per heavy atom. The molecule has 0 bridgehead atoms. The molecule has 0 aliphatic carbocycles. The standard InChI is InChI=1S/C23H19N5O2S/c1-14-19(22(30)25-16-8-3-2-4-9-16)20(15-7-5-10-17(29)13-15)28-23(24-14)26-21(27-28)18-11-6-12-31-18/h2-13,20,29H,1H3,(H,25,30)(H,24,26,27). The van der Waals surface area contributed by atoms with Gasteiger partial charge >= 0.3 is 0 Å². The Hall–Kier alpha value is -3.91. The van der Waals surface area contributed by atoms with Crippen molar-refractivity contribution >= 4 is 28.9 Å². The Balaban J connectivity index is 1.62. The summed E-state index contributed by atoms with van der Waals surface area (Å²) in [5, 5.41) is 23.0. The van der Waals surface area contributed by atoms with Gasteiger partial charge in [-0.05, 0) is 48.2 Å².